The van der Waals surface area contributed by atoms with Gasteiger partial charge in [-0.1, -0.05) is 23.7 Å². The summed E-state index contributed by atoms with van der Waals surface area (Å²) in [5.41, 5.74) is 2.75. The highest BCUT2D eigenvalue weighted by Gasteiger charge is 2.21. The lowest BCUT2D eigenvalue weighted by molar-refractivity contribution is -0.117. The third-order valence-corrected chi connectivity index (χ3v) is 4.96. The van der Waals surface area contributed by atoms with E-state index in [1.807, 2.05) is 48.5 Å². The molecule has 1 aliphatic rings. The zero-order chi connectivity index (χ0) is 19.2. The summed E-state index contributed by atoms with van der Waals surface area (Å²) in [7, 11) is 0. The molecule has 5 nitrogen and oxygen atoms in total. The highest BCUT2D eigenvalue weighted by molar-refractivity contribution is 6.30. The second-order valence-corrected chi connectivity index (χ2v) is 7.16. The molecule has 27 heavy (non-hydrogen) atoms. The first-order valence-electron chi connectivity index (χ1n) is 9.22. The number of hydrogen-bond acceptors (Lipinski definition) is 3. The number of hydrogen-bond donors (Lipinski definition) is 2. The molecule has 2 amide bonds. The first kappa shape index (κ1) is 19.4. The minimum absolute atomic E-state index is 0.0456. The van der Waals surface area contributed by atoms with E-state index in [0.717, 1.165) is 29.9 Å². The number of halogens is 1. The van der Waals surface area contributed by atoms with E-state index < -0.39 is 0 Å². The summed E-state index contributed by atoms with van der Waals surface area (Å²) in [4.78, 5) is 25.7. The van der Waals surface area contributed by atoms with E-state index >= 15 is 0 Å². The van der Waals surface area contributed by atoms with Crippen LogP contribution in [-0.4, -0.2) is 24.9 Å². The lowest BCUT2D eigenvalue weighted by atomic mass is 10.1. The highest BCUT2D eigenvalue weighted by Crippen LogP contribution is 2.23. The van der Waals surface area contributed by atoms with Crippen molar-refractivity contribution >= 4 is 34.8 Å². The van der Waals surface area contributed by atoms with Crippen LogP contribution in [0, 0.1) is 0 Å². The predicted molar refractivity (Wildman–Crippen MR) is 109 cm³/mol. The van der Waals surface area contributed by atoms with Gasteiger partial charge in [-0.2, -0.15) is 0 Å². The number of nitrogens with one attached hydrogen (secondary N) is 2. The van der Waals surface area contributed by atoms with Gasteiger partial charge in [0.1, 0.15) is 0 Å². The number of benzene rings is 2. The molecule has 2 N–H and O–H groups in total. The maximum absolute atomic E-state index is 12.1. The molecular formula is C21H24ClN3O2. The van der Waals surface area contributed by atoms with E-state index in [9.17, 15) is 9.59 Å². The van der Waals surface area contributed by atoms with Crippen LogP contribution in [0.2, 0.25) is 5.02 Å². The molecule has 0 aliphatic carbocycles. The molecule has 1 aliphatic heterocycles. The Kier molecular flexibility index (Phi) is 6.48. The number of nitrogens with zero attached hydrogens (tertiary/aromatic N) is 1. The Morgan fingerprint density at radius 2 is 1.85 bits per heavy atom. The van der Waals surface area contributed by atoms with Gasteiger partial charge >= 0.3 is 0 Å². The quantitative estimate of drug-likeness (QED) is 0.752. The fourth-order valence-corrected chi connectivity index (χ4v) is 3.27. The fourth-order valence-electron chi connectivity index (χ4n) is 3.14. The predicted octanol–water partition coefficient (Wildman–Crippen LogP) is 4.15. The van der Waals surface area contributed by atoms with Crippen molar-refractivity contribution in [3.63, 3.8) is 0 Å². The third-order valence-electron chi connectivity index (χ3n) is 4.71. The lowest BCUT2D eigenvalue weighted by Crippen LogP contribution is -2.24. The van der Waals surface area contributed by atoms with Crippen molar-refractivity contribution in [3.8, 4) is 0 Å². The van der Waals surface area contributed by atoms with Crippen molar-refractivity contribution in [3.05, 3.63) is 59.1 Å². The van der Waals surface area contributed by atoms with E-state index in [4.69, 9.17) is 11.6 Å². The van der Waals surface area contributed by atoms with Crippen LogP contribution in [0.4, 0.5) is 11.4 Å². The molecule has 142 valence electrons. The van der Waals surface area contributed by atoms with Gasteiger partial charge in [0.2, 0.25) is 11.8 Å². The summed E-state index contributed by atoms with van der Waals surface area (Å²) in [6.07, 6.45) is 1.89. The number of carbonyl (C=O) groups excluding carboxylic acids is 2. The number of rotatable bonds is 7. The summed E-state index contributed by atoms with van der Waals surface area (Å²) in [5, 5.41) is 6.94. The molecule has 1 atom stereocenters. The summed E-state index contributed by atoms with van der Waals surface area (Å²) in [5.74, 6) is 0.114. The first-order chi connectivity index (χ1) is 13.0. The van der Waals surface area contributed by atoms with Crippen molar-refractivity contribution in [1.82, 2.24) is 5.32 Å². The molecule has 0 saturated carbocycles. The van der Waals surface area contributed by atoms with Crippen LogP contribution in [-0.2, 0) is 9.59 Å². The van der Waals surface area contributed by atoms with Crippen LogP contribution in [0.3, 0.4) is 0 Å². The van der Waals surface area contributed by atoms with Gasteiger partial charge in [0, 0.05) is 48.4 Å². The minimum Gasteiger partial charge on any atom is -0.326 e. The Bertz CT molecular complexity index is 790. The van der Waals surface area contributed by atoms with Crippen LogP contribution in [0.5, 0.6) is 0 Å². The second-order valence-electron chi connectivity index (χ2n) is 6.72. The van der Waals surface area contributed by atoms with Crippen LogP contribution < -0.4 is 15.5 Å². The van der Waals surface area contributed by atoms with Gasteiger partial charge in [-0.25, -0.2) is 0 Å². The molecule has 0 unspecified atom stereocenters. The summed E-state index contributed by atoms with van der Waals surface area (Å²) < 4.78 is 0. The van der Waals surface area contributed by atoms with Crippen LogP contribution >= 0.6 is 11.6 Å². The van der Waals surface area contributed by atoms with Crippen molar-refractivity contribution in [2.45, 2.75) is 32.2 Å². The summed E-state index contributed by atoms with van der Waals surface area (Å²) in [6.45, 7) is 3.40. The van der Waals surface area contributed by atoms with Gasteiger partial charge < -0.3 is 15.5 Å². The van der Waals surface area contributed by atoms with Crippen LogP contribution in [0.25, 0.3) is 0 Å². The Morgan fingerprint density at radius 1 is 1.15 bits per heavy atom. The largest absolute Gasteiger partial charge is 0.326 e. The third kappa shape index (κ3) is 5.31. The van der Waals surface area contributed by atoms with Gasteiger partial charge in [-0.05, 0) is 55.3 Å². The Hall–Kier alpha value is -2.37. The molecule has 2 aromatic rings. The highest BCUT2D eigenvalue weighted by atomic mass is 35.5. The van der Waals surface area contributed by atoms with E-state index in [2.05, 4.69) is 17.6 Å². The van der Waals surface area contributed by atoms with Gasteiger partial charge in [0.05, 0.1) is 0 Å². The molecule has 6 heteroatoms. The lowest BCUT2D eigenvalue weighted by Gasteiger charge is -2.16. The monoisotopic (exact) mass is 385 g/mol. The normalized spacial score (nSPS) is 15.0. The van der Waals surface area contributed by atoms with E-state index in [1.54, 1.807) is 4.90 Å². The molecule has 1 saturated heterocycles. The minimum atomic E-state index is -0.0456. The zero-order valence-corrected chi connectivity index (χ0v) is 16.1. The zero-order valence-electron chi connectivity index (χ0n) is 15.4. The first-order valence-corrected chi connectivity index (χ1v) is 9.60. The number of carbonyl (C=O) groups is 2. The molecule has 3 rings (SSSR count). The molecule has 1 heterocycles. The smallest absolute Gasteiger partial charge is 0.227 e. The van der Waals surface area contributed by atoms with E-state index in [0.29, 0.717) is 24.4 Å². The van der Waals surface area contributed by atoms with Crippen LogP contribution in [0.1, 0.15) is 37.8 Å². The van der Waals surface area contributed by atoms with Crippen molar-refractivity contribution < 1.29 is 9.59 Å². The Morgan fingerprint density at radius 3 is 2.48 bits per heavy atom. The van der Waals surface area contributed by atoms with E-state index in [-0.39, 0.29) is 17.9 Å². The van der Waals surface area contributed by atoms with Gasteiger partial charge in [0.25, 0.3) is 0 Å². The Balaban J connectivity index is 1.43. The van der Waals surface area contributed by atoms with Crippen molar-refractivity contribution in [2.24, 2.45) is 0 Å². The van der Waals surface area contributed by atoms with E-state index in [1.165, 1.54) is 0 Å². The number of amides is 2. The molecule has 2 aromatic carbocycles. The molecule has 0 radical (unpaired) electrons. The van der Waals surface area contributed by atoms with Crippen LogP contribution in [0.15, 0.2) is 48.5 Å². The molecule has 0 spiro atoms. The Labute approximate surface area is 164 Å². The maximum Gasteiger partial charge on any atom is 0.227 e. The average molecular weight is 386 g/mol. The summed E-state index contributed by atoms with van der Waals surface area (Å²) in [6, 6.07) is 15.2. The maximum atomic E-state index is 12.1. The number of anilines is 2. The molecular weight excluding hydrogens is 362 g/mol. The molecule has 1 fully saturated rings. The van der Waals surface area contributed by atoms with Gasteiger partial charge in [0.15, 0.2) is 0 Å². The average Bonchev–Trinajstić information content (AvgIpc) is 3.09. The SMILES string of the molecule is C[C@@H](NCCC(=O)Nc1ccc(N2CCCC2=O)cc1)c1ccc(Cl)cc1. The summed E-state index contributed by atoms with van der Waals surface area (Å²) >= 11 is 5.90. The molecule has 0 aromatic heterocycles. The standard InChI is InChI=1S/C21H24ClN3O2/c1-15(16-4-6-17(22)7-5-16)23-13-12-20(26)24-18-8-10-19(11-9-18)25-14-2-3-21(25)27/h4-11,15,23H,2-3,12-14H2,1H3,(H,24,26)/t15-/m1/s1. The second kappa shape index (κ2) is 9.02. The van der Waals surface area contributed by atoms with Crippen molar-refractivity contribution in [1.29, 1.82) is 0 Å². The fraction of sp³-hybridized carbons (Fsp3) is 0.333. The van der Waals surface area contributed by atoms with Gasteiger partial charge in [-0.15, -0.1) is 0 Å². The van der Waals surface area contributed by atoms with Gasteiger partial charge in [-0.3, -0.25) is 9.59 Å². The van der Waals surface area contributed by atoms with Crippen molar-refractivity contribution in [2.75, 3.05) is 23.3 Å². The molecule has 0 bridgehead atoms. The topological polar surface area (TPSA) is 61.4 Å².